The van der Waals surface area contributed by atoms with Crippen molar-refractivity contribution < 1.29 is 9.53 Å². The highest BCUT2D eigenvalue weighted by Gasteiger charge is 2.13. The molecule has 1 aromatic carbocycles. The van der Waals surface area contributed by atoms with Crippen molar-refractivity contribution in [1.82, 2.24) is 4.98 Å². The Balaban J connectivity index is 2.24. The lowest BCUT2D eigenvalue weighted by molar-refractivity contribution is 0.102. The molecule has 1 heterocycles. The highest BCUT2D eigenvalue weighted by atomic mass is 79.9. The van der Waals surface area contributed by atoms with Gasteiger partial charge in [-0.1, -0.05) is 11.6 Å². The van der Waals surface area contributed by atoms with Gasteiger partial charge in [0.25, 0.3) is 5.91 Å². The quantitative estimate of drug-likeness (QED) is 0.942. The molecule has 0 aliphatic rings. The maximum absolute atomic E-state index is 12.2. The number of aromatic nitrogens is 1. The van der Waals surface area contributed by atoms with Crippen molar-refractivity contribution in [3.63, 3.8) is 0 Å². The number of methoxy groups -OCH3 is 1. The van der Waals surface area contributed by atoms with E-state index >= 15 is 0 Å². The van der Waals surface area contributed by atoms with E-state index in [1.807, 2.05) is 19.1 Å². The maximum atomic E-state index is 12.2. The van der Waals surface area contributed by atoms with Gasteiger partial charge in [0, 0.05) is 10.7 Å². The summed E-state index contributed by atoms with van der Waals surface area (Å²) in [6, 6.07) is 9.00. The number of aryl methyl sites for hydroxylation is 1. The number of rotatable bonds is 3. The Kier molecular flexibility index (Phi) is 4.16. The third-order valence-corrected chi connectivity index (χ3v) is 3.04. The summed E-state index contributed by atoms with van der Waals surface area (Å²) in [6.07, 6.45) is 1.63. The molecule has 0 aliphatic carbocycles. The monoisotopic (exact) mass is 320 g/mol. The van der Waals surface area contributed by atoms with Gasteiger partial charge in [-0.05, 0) is 47.1 Å². The smallest absolute Gasteiger partial charge is 0.260 e. The van der Waals surface area contributed by atoms with Crippen LogP contribution in [-0.2, 0) is 0 Å². The van der Waals surface area contributed by atoms with Gasteiger partial charge in [0.05, 0.1) is 12.7 Å². The summed E-state index contributed by atoms with van der Waals surface area (Å²) in [7, 11) is 1.54. The highest BCUT2D eigenvalue weighted by Crippen LogP contribution is 2.21. The second-order valence-electron chi connectivity index (χ2n) is 4.02. The zero-order chi connectivity index (χ0) is 13.8. The number of halogens is 1. The van der Waals surface area contributed by atoms with Crippen molar-refractivity contribution >= 4 is 27.7 Å². The first-order valence-corrected chi connectivity index (χ1v) is 6.47. The Bertz CT molecular complexity index is 597. The lowest BCUT2D eigenvalue weighted by Gasteiger charge is -2.09. The minimum atomic E-state index is -0.240. The zero-order valence-electron chi connectivity index (χ0n) is 10.6. The fraction of sp³-hybridized carbons (Fsp3) is 0.143. The van der Waals surface area contributed by atoms with E-state index in [0.29, 0.717) is 17.1 Å². The summed E-state index contributed by atoms with van der Waals surface area (Å²) in [4.78, 5) is 16.3. The molecule has 0 unspecified atom stereocenters. The molecule has 0 radical (unpaired) electrons. The normalized spacial score (nSPS) is 10.1. The van der Waals surface area contributed by atoms with Gasteiger partial charge < -0.3 is 10.1 Å². The highest BCUT2D eigenvalue weighted by molar-refractivity contribution is 9.10. The van der Waals surface area contributed by atoms with Gasteiger partial charge >= 0.3 is 0 Å². The number of amides is 1. The van der Waals surface area contributed by atoms with Gasteiger partial charge in [-0.2, -0.15) is 0 Å². The Labute approximate surface area is 119 Å². The van der Waals surface area contributed by atoms with Crippen LogP contribution in [0.3, 0.4) is 0 Å². The van der Waals surface area contributed by atoms with Gasteiger partial charge in [-0.15, -0.1) is 0 Å². The van der Waals surface area contributed by atoms with E-state index in [1.54, 1.807) is 31.5 Å². The number of nitrogens with one attached hydrogen (secondary N) is 1. The number of nitrogens with zero attached hydrogens (tertiary/aromatic N) is 1. The number of pyridine rings is 1. The van der Waals surface area contributed by atoms with Gasteiger partial charge in [-0.25, -0.2) is 4.98 Å². The number of hydrogen-bond donors (Lipinski definition) is 1. The summed E-state index contributed by atoms with van der Waals surface area (Å²) in [6.45, 7) is 1.92. The first-order chi connectivity index (χ1) is 9.10. The maximum Gasteiger partial charge on any atom is 0.260 e. The van der Waals surface area contributed by atoms with Crippen LogP contribution in [0.25, 0.3) is 0 Å². The van der Waals surface area contributed by atoms with Crippen molar-refractivity contribution in [3.05, 3.63) is 52.1 Å². The summed E-state index contributed by atoms with van der Waals surface area (Å²) in [5.74, 6) is 0.798. The summed E-state index contributed by atoms with van der Waals surface area (Å²) < 4.78 is 6.05. The fourth-order valence-electron chi connectivity index (χ4n) is 1.63. The summed E-state index contributed by atoms with van der Waals surface area (Å²) >= 11 is 3.29. The summed E-state index contributed by atoms with van der Waals surface area (Å²) in [5.41, 5.74) is 1.49. The Morgan fingerprint density at radius 3 is 2.74 bits per heavy atom. The molecule has 0 spiro atoms. The first kappa shape index (κ1) is 13.5. The van der Waals surface area contributed by atoms with Crippen molar-refractivity contribution in [2.45, 2.75) is 6.92 Å². The first-order valence-electron chi connectivity index (χ1n) is 5.67. The molecular weight excluding hydrogens is 308 g/mol. The average molecular weight is 321 g/mol. The van der Waals surface area contributed by atoms with Crippen molar-refractivity contribution in [3.8, 4) is 5.75 Å². The van der Waals surface area contributed by atoms with Crippen LogP contribution < -0.4 is 10.1 Å². The molecule has 5 heteroatoms. The molecular formula is C14H13BrN2O2. The molecule has 2 rings (SSSR count). The van der Waals surface area contributed by atoms with E-state index in [2.05, 4.69) is 26.2 Å². The van der Waals surface area contributed by atoms with E-state index in [4.69, 9.17) is 4.74 Å². The third kappa shape index (κ3) is 3.32. The van der Waals surface area contributed by atoms with E-state index in [-0.39, 0.29) is 5.91 Å². The van der Waals surface area contributed by atoms with Crippen LogP contribution in [0.2, 0.25) is 0 Å². The number of hydrogen-bond acceptors (Lipinski definition) is 3. The molecule has 4 nitrogen and oxygen atoms in total. The summed E-state index contributed by atoms with van der Waals surface area (Å²) in [5, 5.41) is 2.74. The molecule has 19 heavy (non-hydrogen) atoms. The van der Waals surface area contributed by atoms with Crippen LogP contribution in [0.1, 0.15) is 15.9 Å². The van der Waals surface area contributed by atoms with Crippen LogP contribution in [0, 0.1) is 6.92 Å². The number of anilines is 1. The molecule has 0 atom stereocenters. The molecule has 1 aromatic heterocycles. The molecule has 0 aliphatic heterocycles. The second-order valence-corrected chi connectivity index (χ2v) is 4.94. The number of carbonyl (C=O) groups excluding carboxylic acids is 1. The van der Waals surface area contributed by atoms with Crippen LogP contribution in [-0.4, -0.2) is 18.0 Å². The van der Waals surface area contributed by atoms with Gasteiger partial charge in [-0.3, -0.25) is 4.79 Å². The van der Waals surface area contributed by atoms with Crippen LogP contribution in [0.5, 0.6) is 5.75 Å². The second kappa shape index (κ2) is 5.84. The molecule has 0 saturated heterocycles. The largest absolute Gasteiger partial charge is 0.496 e. The number of ether oxygens (including phenoxy) is 1. The van der Waals surface area contributed by atoms with E-state index in [1.165, 1.54) is 0 Å². The third-order valence-electron chi connectivity index (χ3n) is 2.57. The number of benzene rings is 1. The Morgan fingerprint density at radius 1 is 1.32 bits per heavy atom. The Hall–Kier alpha value is -1.88. The van der Waals surface area contributed by atoms with E-state index in [0.717, 1.165) is 10.0 Å². The molecule has 1 N–H and O–H groups in total. The van der Waals surface area contributed by atoms with Crippen LogP contribution in [0.15, 0.2) is 41.0 Å². The van der Waals surface area contributed by atoms with E-state index < -0.39 is 0 Å². The van der Waals surface area contributed by atoms with E-state index in [9.17, 15) is 4.79 Å². The molecule has 98 valence electrons. The van der Waals surface area contributed by atoms with Crippen molar-refractivity contribution in [2.24, 2.45) is 0 Å². The average Bonchev–Trinajstić information content (AvgIpc) is 2.41. The molecule has 0 bridgehead atoms. The van der Waals surface area contributed by atoms with Gasteiger partial charge in [0.15, 0.2) is 0 Å². The van der Waals surface area contributed by atoms with Crippen molar-refractivity contribution in [2.75, 3.05) is 12.4 Å². The fourth-order valence-corrected chi connectivity index (χ4v) is 1.87. The minimum Gasteiger partial charge on any atom is -0.496 e. The lowest BCUT2D eigenvalue weighted by Crippen LogP contribution is -2.14. The number of carbonyl (C=O) groups is 1. The van der Waals surface area contributed by atoms with Crippen LogP contribution in [0.4, 0.5) is 5.82 Å². The van der Waals surface area contributed by atoms with Gasteiger partial charge in [0.1, 0.15) is 11.6 Å². The SMILES string of the molecule is COc1ccc(C)cc1C(=O)Nc1ccc(Br)cn1. The van der Waals surface area contributed by atoms with Crippen molar-refractivity contribution in [1.29, 1.82) is 0 Å². The predicted molar refractivity (Wildman–Crippen MR) is 77.6 cm³/mol. The Morgan fingerprint density at radius 2 is 2.11 bits per heavy atom. The molecule has 0 saturated carbocycles. The molecule has 1 amide bonds. The minimum absolute atomic E-state index is 0.240. The zero-order valence-corrected chi connectivity index (χ0v) is 12.2. The lowest BCUT2D eigenvalue weighted by atomic mass is 10.1. The standard InChI is InChI=1S/C14H13BrN2O2/c1-9-3-5-12(19-2)11(7-9)14(18)17-13-6-4-10(15)8-16-13/h3-8H,1-2H3,(H,16,17,18). The molecule has 0 fully saturated rings. The van der Waals surface area contributed by atoms with Crippen LogP contribution >= 0.6 is 15.9 Å². The molecule has 2 aromatic rings. The van der Waals surface area contributed by atoms with Gasteiger partial charge in [0.2, 0.25) is 0 Å². The topological polar surface area (TPSA) is 51.2 Å². The predicted octanol–water partition coefficient (Wildman–Crippen LogP) is 3.41.